The minimum absolute atomic E-state index is 0.0509. The van der Waals surface area contributed by atoms with Gasteiger partial charge >= 0.3 is 5.97 Å². The molecule has 1 unspecified atom stereocenters. The number of nitrogens with zero attached hydrogens (tertiary/aromatic N) is 2. The van der Waals surface area contributed by atoms with Gasteiger partial charge in [-0.25, -0.2) is 8.42 Å². The van der Waals surface area contributed by atoms with E-state index in [-0.39, 0.29) is 17.9 Å². The summed E-state index contributed by atoms with van der Waals surface area (Å²) in [5, 5.41) is 10.8. The van der Waals surface area contributed by atoms with Gasteiger partial charge in [-0.05, 0) is 23.7 Å². The largest absolute Gasteiger partial charge is 0.481 e. The number of hydrogen-bond acceptors (Lipinski definition) is 6. The quantitative estimate of drug-likeness (QED) is 0.917. The van der Waals surface area contributed by atoms with E-state index in [0.29, 0.717) is 6.54 Å². The summed E-state index contributed by atoms with van der Waals surface area (Å²) >= 11 is 1.29. The van der Waals surface area contributed by atoms with Crippen LogP contribution < -0.4 is 4.90 Å². The van der Waals surface area contributed by atoms with E-state index in [1.165, 1.54) is 11.5 Å². The number of aromatic nitrogens is 1. The molecule has 2 aromatic rings. The van der Waals surface area contributed by atoms with Crippen molar-refractivity contribution in [2.24, 2.45) is 0 Å². The van der Waals surface area contributed by atoms with Crippen LogP contribution in [0.4, 0.5) is 5.00 Å². The third-order valence-electron chi connectivity index (χ3n) is 3.57. The first kappa shape index (κ1) is 14.3. The van der Waals surface area contributed by atoms with Crippen LogP contribution in [0.15, 0.2) is 24.3 Å². The zero-order chi connectivity index (χ0) is 15.0. The molecule has 1 aromatic carbocycles. The monoisotopic (exact) mass is 326 g/mol. The Morgan fingerprint density at radius 3 is 2.95 bits per heavy atom. The molecule has 21 heavy (non-hydrogen) atoms. The lowest BCUT2D eigenvalue weighted by Gasteiger charge is -2.35. The van der Waals surface area contributed by atoms with Gasteiger partial charge in [0.25, 0.3) is 0 Å². The van der Waals surface area contributed by atoms with Crippen molar-refractivity contribution in [2.75, 3.05) is 23.0 Å². The number of fused-ring (bicyclic) bond motifs is 1. The van der Waals surface area contributed by atoms with Crippen molar-refractivity contribution in [3.8, 4) is 0 Å². The van der Waals surface area contributed by atoms with Crippen molar-refractivity contribution in [1.82, 2.24) is 4.37 Å². The van der Waals surface area contributed by atoms with E-state index in [1.54, 1.807) is 0 Å². The second kappa shape index (κ2) is 5.27. The summed E-state index contributed by atoms with van der Waals surface area (Å²) in [7, 11) is -3.18. The van der Waals surface area contributed by atoms with E-state index in [9.17, 15) is 13.2 Å². The summed E-state index contributed by atoms with van der Waals surface area (Å²) < 4.78 is 27.9. The molecule has 3 rings (SSSR count). The van der Waals surface area contributed by atoms with Crippen LogP contribution in [0.5, 0.6) is 0 Å². The van der Waals surface area contributed by atoms with Crippen molar-refractivity contribution in [2.45, 2.75) is 12.5 Å². The number of carboxylic acid groups (broad SMARTS) is 1. The second-order valence-corrected chi connectivity index (χ2v) is 8.04. The number of benzene rings is 1. The highest BCUT2D eigenvalue weighted by Crippen LogP contribution is 2.34. The van der Waals surface area contributed by atoms with Crippen LogP contribution in [-0.2, 0) is 14.6 Å². The molecule has 1 aromatic heterocycles. The molecule has 6 nitrogen and oxygen atoms in total. The molecule has 1 aliphatic rings. The van der Waals surface area contributed by atoms with Crippen LogP contribution in [0.1, 0.15) is 6.42 Å². The van der Waals surface area contributed by atoms with E-state index in [1.807, 2.05) is 29.2 Å². The van der Waals surface area contributed by atoms with Crippen molar-refractivity contribution in [3.63, 3.8) is 0 Å². The molecule has 2 heterocycles. The van der Waals surface area contributed by atoms with Gasteiger partial charge < -0.3 is 10.0 Å². The first-order valence-electron chi connectivity index (χ1n) is 6.49. The van der Waals surface area contributed by atoms with Crippen molar-refractivity contribution in [3.05, 3.63) is 24.3 Å². The van der Waals surface area contributed by atoms with Crippen molar-refractivity contribution < 1.29 is 18.3 Å². The highest BCUT2D eigenvalue weighted by molar-refractivity contribution is 7.91. The van der Waals surface area contributed by atoms with Crippen LogP contribution >= 0.6 is 11.5 Å². The molecule has 112 valence electrons. The summed E-state index contributed by atoms with van der Waals surface area (Å²) in [4.78, 5) is 12.9. The summed E-state index contributed by atoms with van der Waals surface area (Å²) in [6.45, 7) is 0.312. The third-order valence-corrected chi connectivity index (χ3v) is 6.18. The normalized spacial score (nSPS) is 21.5. The maximum atomic E-state index is 11.8. The lowest BCUT2D eigenvalue weighted by molar-refractivity contribution is -0.137. The minimum atomic E-state index is -3.18. The average Bonchev–Trinajstić information content (AvgIpc) is 2.81. The molecule has 1 aliphatic heterocycles. The standard InChI is InChI=1S/C13H14N2O4S2/c16-12(17)7-9-8-21(18,19)6-5-15(9)13-10-3-1-2-4-11(10)14-20-13/h1-4,9H,5-8H2,(H,16,17). The molecule has 0 bridgehead atoms. The molecule has 0 radical (unpaired) electrons. The van der Waals surface area contributed by atoms with Crippen LogP contribution in [0, 0.1) is 0 Å². The number of sulfone groups is 1. The molecule has 1 atom stereocenters. The molecule has 1 fully saturated rings. The number of carbonyl (C=O) groups is 1. The van der Waals surface area contributed by atoms with E-state index in [2.05, 4.69) is 4.37 Å². The summed E-state index contributed by atoms with van der Waals surface area (Å²) in [6, 6.07) is 7.07. The van der Waals surface area contributed by atoms with E-state index >= 15 is 0 Å². The zero-order valence-corrected chi connectivity index (χ0v) is 12.7. The Morgan fingerprint density at radius 1 is 1.43 bits per heavy atom. The Kier molecular flexibility index (Phi) is 3.58. The Balaban J connectivity index is 2.00. The van der Waals surface area contributed by atoms with Gasteiger partial charge in [-0.3, -0.25) is 4.79 Å². The van der Waals surface area contributed by atoms with Crippen molar-refractivity contribution >= 4 is 43.2 Å². The Labute approximate surface area is 126 Å². The molecule has 8 heteroatoms. The van der Waals surface area contributed by atoms with Gasteiger partial charge in [0.1, 0.15) is 5.00 Å². The molecule has 0 amide bonds. The van der Waals surface area contributed by atoms with Crippen LogP contribution in [0.2, 0.25) is 0 Å². The number of rotatable bonds is 3. The van der Waals surface area contributed by atoms with Gasteiger partial charge in [0, 0.05) is 11.9 Å². The van der Waals surface area contributed by atoms with Crippen molar-refractivity contribution in [1.29, 1.82) is 0 Å². The molecule has 1 saturated heterocycles. The number of anilines is 1. The van der Waals surface area contributed by atoms with Gasteiger partial charge in [0.2, 0.25) is 0 Å². The topological polar surface area (TPSA) is 87.6 Å². The van der Waals surface area contributed by atoms with E-state index in [4.69, 9.17) is 5.11 Å². The Morgan fingerprint density at radius 2 is 2.19 bits per heavy atom. The fraction of sp³-hybridized carbons (Fsp3) is 0.385. The molecule has 0 spiro atoms. The van der Waals surface area contributed by atoms with Gasteiger partial charge in [0.15, 0.2) is 9.84 Å². The number of aliphatic carboxylic acids is 1. The molecular weight excluding hydrogens is 312 g/mol. The fourth-order valence-corrected chi connectivity index (χ4v) is 5.09. The minimum Gasteiger partial charge on any atom is -0.481 e. The molecule has 0 saturated carbocycles. The summed E-state index contributed by atoms with van der Waals surface area (Å²) in [6.07, 6.45) is -0.189. The Bertz CT molecular complexity index is 784. The zero-order valence-electron chi connectivity index (χ0n) is 11.1. The SMILES string of the molecule is O=C(O)CC1CS(=O)(=O)CCN1c1snc2ccccc12. The van der Waals surface area contributed by atoms with Gasteiger partial charge in [-0.2, -0.15) is 4.37 Å². The van der Waals surface area contributed by atoms with Crippen LogP contribution in [-0.4, -0.2) is 48.0 Å². The van der Waals surface area contributed by atoms with Crippen LogP contribution in [0.3, 0.4) is 0 Å². The smallest absolute Gasteiger partial charge is 0.305 e. The first-order chi connectivity index (χ1) is 9.96. The highest BCUT2D eigenvalue weighted by atomic mass is 32.2. The summed E-state index contributed by atoms with van der Waals surface area (Å²) in [5.74, 6) is -1.06. The second-order valence-electron chi connectivity index (χ2n) is 5.06. The maximum Gasteiger partial charge on any atom is 0.305 e. The van der Waals surface area contributed by atoms with Gasteiger partial charge in [-0.1, -0.05) is 12.1 Å². The summed E-state index contributed by atoms with van der Waals surface area (Å²) in [5.41, 5.74) is 0.847. The van der Waals surface area contributed by atoms with Gasteiger partial charge in [-0.15, -0.1) is 0 Å². The molecular formula is C13H14N2O4S2. The first-order valence-corrected chi connectivity index (χ1v) is 9.09. The lowest BCUT2D eigenvalue weighted by Crippen LogP contribution is -2.49. The predicted octanol–water partition coefficient (Wildman–Crippen LogP) is 1.37. The molecule has 0 aliphatic carbocycles. The fourth-order valence-electron chi connectivity index (χ4n) is 2.61. The maximum absolute atomic E-state index is 11.8. The van der Waals surface area contributed by atoms with E-state index in [0.717, 1.165) is 15.9 Å². The van der Waals surface area contributed by atoms with Gasteiger partial charge in [0.05, 0.1) is 29.5 Å². The lowest BCUT2D eigenvalue weighted by atomic mass is 10.2. The Hall–Kier alpha value is -1.67. The molecule has 1 N–H and O–H groups in total. The van der Waals surface area contributed by atoms with E-state index < -0.39 is 21.8 Å². The third kappa shape index (κ3) is 2.86. The number of carboxylic acids is 1. The average molecular weight is 326 g/mol. The highest BCUT2D eigenvalue weighted by Gasteiger charge is 2.34. The van der Waals surface area contributed by atoms with Crippen LogP contribution in [0.25, 0.3) is 10.9 Å². The number of hydrogen-bond donors (Lipinski definition) is 1. The predicted molar refractivity (Wildman–Crippen MR) is 81.7 cm³/mol.